The van der Waals surface area contributed by atoms with E-state index in [4.69, 9.17) is 11.0 Å². The molecule has 0 saturated heterocycles. The van der Waals surface area contributed by atoms with Crippen LogP contribution in [0, 0.1) is 18.3 Å². The number of rotatable bonds is 3. The van der Waals surface area contributed by atoms with Crippen LogP contribution in [0.3, 0.4) is 0 Å². The first-order valence-electron chi connectivity index (χ1n) is 5.09. The Morgan fingerprint density at radius 2 is 2.31 bits per heavy atom. The highest BCUT2D eigenvalue weighted by molar-refractivity contribution is 7.12. The fourth-order valence-electron chi connectivity index (χ4n) is 1.76. The summed E-state index contributed by atoms with van der Waals surface area (Å²) >= 11 is 1.73. The van der Waals surface area contributed by atoms with E-state index in [9.17, 15) is 0 Å². The van der Waals surface area contributed by atoms with E-state index < -0.39 is 0 Å². The minimum Gasteiger partial charge on any atom is -0.330 e. The average molecular weight is 231 g/mol. The monoisotopic (exact) mass is 231 g/mol. The van der Waals surface area contributed by atoms with Gasteiger partial charge in [0.15, 0.2) is 0 Å². The van der Waals surface area contributed by atoms with Gasteiger partial charge in [0, 0.05) is 22.5 Å². The Bertz CT molecular complexity index is 518. The average Bonchev–Trinajstić information content (AvgIpc) is 2.89. The number of hydrogen-bond donors (Lipinski definition) is 1. The van der Waals surface area contributed by atoms with Gasteiger partial charge in [-0.05, 0) is 31.2 Å². The maximum absolute atomic E-state index is 9.00. The molecule has 2 aromatic rings. The third kappa shape index (κ3) is 1.87. The number of aryl methyl sites for hydroxylation is 1. The number of aromatic nitrogens is 1. The molecule has 1 atom stereocenters. The van der Waals surface area contributed by atoms with Gasteiger partial charge in [-0.25, -0.2) is 0 Å². The highest BCUT2D eigenvalue weighted by Crippen LogP contribution is 2.26. The maximum atomic E-state index is 9.00. The van der Waals surface area contributed by atoms with Crippen LogP contribution in [0.4, 0.5) is 0 Å². The van der Waals surface area contributed by atoms with E-state index in [1.165, 1.54) is 9.75 Å². The van der Waals surface area contributed by atoms with Crippen molar-refractivity contribution in [3.05, 3.63) is 45.9 Å². The predicted molar refractivity (Wildman–Crippen MR) is 65.4 cm³/mol. The summed E-state index contributed by atoms with van der Waals surface area (Å²) in [6, 6.07) is 10.1. The summed E-state index contributed by atoms with van der Waals surface area (Å²) < 4.78 is 1.94. The number of hydrogen-bond acceptors (Lipinski definition) is 3. The van der Waals surface area contributed by atoms with Gasteiger partial charge in [0.25, 0.3) is 0 Å². The van der Waals surface area contributed by atoms with Crippen LogP contribution in [0.1, 0.15) is 21.5 Å². The van der Waals surface area contributed by atoms with Gasteiger partial charge in [0.05, 0.1) is 6.04 Å². The summed E-state index contributed by atoms with van der Waals surface area (Å²) in [5.41, 5.74) is 6.46. The Kier molecular flexibility index (Phi) is 3.09. The third-order valence-electron chi connectivity index (χ3n) is 2.54. The van der Waals surface area contributed by atoms with E-state index in [0.29, 0.717) is 12.2 Å². The van der Waals surface area contributed by atoms with Crippen LogP contribution < -0.4 is 5.73 Å². The smallest absolute Gasteiger partial charge is 0.120 e. The molecule has 0 fully saturated rings. The van der Waals surface area contributed by atoms with Gasteiger partial charge in [-0.15, -0.1) is 11.3 Å². The molecule has 16 heavy (non-hydrogen) atoms. The Morgan fingerprint density at radius 3 is 2.88 bits per heavy atom. The first-order valence-corrected chi connectivity index (χ1v) is 5.91. The van der Waals surface area contributed by atoms with Crippen LogP contribution in [0.5, 0.6) is 0 Å². The van der Waals surface area contributed by atoms with Crippen molar-refractivity contribution < 1.29 is 0 Å². The lowest BCUT2D eigenvalue weighted by atomic mass is 10.2. The topological polar surface area (TPSA) is 54.7 Å². The van der Waals surface area contributed by atoms with E-state index in [-0.39, 0.29) is 6.04 Å². The lowest BCUT2D eigenvalue weighted by molar-refractivity contribution is 0.602. The van der Waals surface area contributed by atoms with E-state index in [2.05, 4.69) is 25.1 Å². The largest absolute Gasteiger partial charge is 0.330 e. The molecule has 0 radical (unpaired) electrons. The number of nitrogens with two attached hydrogens (primary N) is 1. The van der Waals surface area contributed by atoms with Gasteiger partial charge in [0.2, 0.25) is 0 Å². The van der Waals surface area contributed by atoms with Crippen molar-refractivity contribution in [2.45, 2.75) is 13.0 Å². The molecule has 2 heterocycles. The fourth-order valence-corrected chi connectivity index (χ4v) is 2.75. The van der Waals surface area contributed by atoms with Crippen molar-refractivity contribution in [3.8, 4) is 6.07 Å². The lowest BCUT2D eigenvalue weighted by Crippen LogP contribution is -2.19. The molecule has 2 rings (SSSR count). The minimum absolute atomic E-state index is 0.0725. The van der Waals surface area contributed by atoms with Crippen molar-refractivity contribution in [1.29, 1.82) is 5.26 Å². The highest BCUT2D eigenvalue weighted by Gasteiger charge is 2.15. The normalized spacial score (nSPS) is 12.3. The van der Waals surface area contributed by atoms with Gasteiger partial charge >= 0.3 is 0 Å². The molecule has 0 aliphatic rings. The zero-order valence-corrected chi connectivity index (χ0v) is 9.87. The molecule has 0 aliphatic heterocycles. The van der Waals surface area contributed by atoms with Gasteiger partial charge < -0.3 is 10.3 Å². The van der Waals surface area contributed by atoms with Gasteiger partial charge in [0.1, 0.15) is 11.8 Å². The van der Waals surface area contributed by atoms with Crippen LogP contribution in [0.2, 0.25) is 0 Å². The summed E-state index contributed by atoms with van der Waals surface area (Å²) in [6.07, 6.45) is 1.91. The molecule has 1 unspecified atom stereocenters. The van der Waals surface area contributed by atoms with Crippen LogP contribution in [0.15, 0.2) is 30.5 Å². The van der Waals surface area contributed by atoms with E-state index in [1.807, 2.05) is 22.9 Å². The summed E-state index contributed by atoms with van der Waals surface area (Å²) in [5, 5.41) is 9.00. The molecule has 0 amide bonds. The molecule has 3 nitrogen and oxygen atoms in total. The Labute approximate surface area is 98.7 Å². The van der Waals surface area contributed by atoms with E-state index in [1.54, 1.807) is 11.3 Å². The summed E-state index contributed by atoms with van der Waals surface area (Å²) in [4.78, 5) is 2.46. The minimum atomic E-state index is 0.0725. The van der Waals surface area contributed by atoms with E-state index in [0.717, 1.165) is 0 Å². The highest BCUT2D eigenvalue weighted by atomic mass is 32.1. The lowest BCUT2D eigenvalue weighted by Gasteiger charge is -2.16. The molecule has 0 saturated carbocycles. The summed E-state index contributed by atoms with van der Waals surface area (Å²) in [7, 11) is 0. The second-order valence-electron chi connectivity index (χ2n) is 3.61. The molecule has 2 N–H and O–H groups in total. The Hall–Kier alpha value is -1.57. The van der Waals surface area contributed by atoms with Crippen LogP contribution >= 0.6 is 11.3 Å². The molecule has 4 heteroatoms. The molecule has 0 aliphatic carbocycles. The zero-order valence-electron chi connectivity index (χ0n) is 9.05. The molecule has 2 aromatic heterocycles. The first-order chi connectivity index (χ1) is 7.76. The van der Waals surface area contributed by atoms with Crippen LogP contribution in [0.25, 0.3) is 0 Å². The summed E-state index contributed by atoms with van der Waals surface area (Å²) in [5.74, 6) is 0. The van der Waals surface area contributed by atoms with Crippen molar-refractivity contribution in [3.63, 3.8) is 0 Å². The Morgan fingerprint density at radius 1 is 1.50 bits per heavy atom. The standard InChI is InChI=1S/C12H13N3S/c1-9-4-5-12(16-9)11(8-14)15-6-2-3-10(15)7-13/h2-6,11H,8,14H2,1H3. The molecule has 0 bridgehead atoms. The molecule has 0 spiro atoms. The van der Waals surface area contributed by atoms with Crippen molar-refractivity contribution in [2.75, 3.05) is 6.54 Å². The maximum Gasteiger partial charge on any atom is 0.120 e. The predicted octanol–water partition coefficient (Wildman–Crippen LogP) is 2.28. The summed E-state index contributed by atoms with van der Waals surface area (Å²) in [6.45, 7) is 2.58. The number of thiophene rings is 1. The second-order valence-corrected chi connectivity index (χ2v) is 4.93. The first kappa shape index (κ1) is 10.9. The third-order valence-corrected chi connectivity index (χ3v) is 3.64. The second kappa shape index (κ2) is 4.52. The molecular weight excluding hydrogens is 218 g/mol. The van der Waals surface area contributed by atoms with Gasteiger partial charge in [-0.1, -0.05) is 0 Å². The van der Waals surface area contributed by atoms with E-state index >= 15 is 0 Å². The molecule has 0 aromatic carbocycles. The number of nitrogens with zero attached hydrogens (tertiary/aromatic N) is 2. The van der Waals surface area contributed by atoms with Crippen molar-refractivity contribution in [1.82, 2.24) is 4.57 Å². The number of nitriles is 1. The van der Waals surface area contributed by atoms with Crippen LogP contribution in [-0.2, 0) is 0 Å². The van der Waals surface area contributed by atoms with Crippen molar-refractivity contribution >= 4 is 11.3 Å². The quantitative estimate of drug-likeness (QED) is 0.881. The molecule has 82 valence electrons. The zero-order chi connectivity index (χ0) is 11.5. The van der Waals surface area contributed by atoms with Crippen molar-refractivity contribution in [2.24, 2.45) is 5.73 Å². The van der Waals surface area contributed by atoms with Gasteiger partial charge in [-0.2, -0.15) is 5.26 Å². The SMILES string of the molecule is Cc1ccc(C(CN)n2cccc2C#N)s1. The fraction of sp³-hybridized carbons (Fsp3) is 0.250. The Balaban J connectivity index is 2.41. The van der Waals surface area contributed by atoms with Crippen LogP contribution in [-0.4, -0.2) is 11.1 Å². The van der Waals surface area contributed by atoms with Gasteiger partial charge in [-0.3, -0.25) is 0 Å². The molecular formula is C12H13N3S.